The fourth-order valence-electron chi connectivity index (χ4n) is 3.25. The average Bonchev–Trinajstić information content (AvgIpc) is 2.69. The number of piperazine rings is 1. The third-order valence-corrected chi connectivity index (χ3v) is 5.02. The van der Waals surface area contributed by atoms with Crippen molar-refractivity contribution < 1.29 is 4.74 Å². The fraction of sp³-hybridized carbons (Fsp3) is 0.667. The summed E-state index contributed by atoms with van der Waals surface area (Å²) in [5.41, 5.74) is 1.25. The smallest absolute Gasteiger partial charge is 0.193 e. The van der Waals surface area contributed by atoms with E-state index in [0.29, 0.717) is 0 Å². The van der Waals surface area contributed by atoms with Gasteiger partial charge in [0.15, 0.2) is 5.96 Å². The summed E-state index contributed by atoms with van der Waals surface area (Å²) in [5.74, 6) is 1.87. The summed E-state index contributed by atoms with van der Waals surface area (Å²) in [6, 6.07) is 8.22. The Hall–Kier alpha value is -1.06. The van der Waals surface area contributed by atoms with Crippen LogP contribution in [0.5, 0.6) is 5.75 Å². The van der Waals surface area contributed by atoms with Gasteiger partial charge in [-0.25, -0.2) is 0 Å². The highest BCUT2D eigenvalue weighted by atomic mass is 127. The van der Waals surface area contributed by atoms with Crippen LogP contribution in [0.3, 0.4) is 0 Å². The second-order valence-electron chi connectivity index (χ2n) is 7.29. The van der Waals surface area contributed by atoms with Crippen LogP contribution < -0.4 is 10.1 Å². The molecule has 0 radical (unpaired) electrons. The van der Waals surface area contributed by atoms with E-state index in [1.165, 1.54) is 44.7 Å². The maximum absolute atomic E-state index is 5.23. The van der Waals surface area contributed by atoms with E-state index in [4.69, 9.17) is 9.73 Å². The molecule has 0 atom stereocenters. The van der Waals surface area contributed by atoms with Crippen molar-refractivity contribution in [3.8, 4) is 5.75 Å². The van der Waals surface area contributed by atoms with Gasteiger partial charge in [0.1, 0.15) is 5.75 Å². The zero-order chi connectivity index (χ0) is 19.5. The Labute approximate surface area is 188 Å². The summed E-state index contributed by atoms with van der Waals surface area (Å²) in [6.07, 6.45) is 2.35. The normalized spacial score (nSPS) is 15.8. The Morgan fingerprint density at radius 2 is 1.82 bits per heavy atom. The van der Waals surface area contributed by atoms with Crippen LogP contribution in [0.2, 0.25) is 0 Å². The first-order valence-electron chi connectivity index (χ1n) is 10.2. The first kappa shape index (κ1) is 25.0. The first-order chi connectivity index (χ1) is 13.1. The lowest BCUT2D eigenvalue weighted by Gasteiger charge is -2.32. The van der Waals surface area contributed by atoms with Gasteiger partial charge in [-0.3, -0.25) is 4.99 Å². The van der Waals surface area contributed by atoms with Crippen LogP contribution in [0.15, 0.2) is 29.3 Å². The van der Waals surface area contributed by atoms with E-state index >= 15 is 0 Å². The molecule has 28 heavy (non-hydrogen) atoms. The number of likely N-dealkylation sites (N-methyl/N-ethyl adjacent to an activating group) is 1. The number of nitrogens with zero attached hydrogens (tertiary/aromatic N) is 4. The van der Waals surface area contributed by atoms with Crippen LogP contribution in [-0.2, 0) is 6.54 Å². The number of benzene rings is 1. The van der Waals surface area contributed by atoms with Crippen molar-refractivity contribution >= 4 is 29.9 Å². The lowest BCUT2D eigenvalue weighted by atomic mass is 10.2. The van der Waals surface area contributed by atoms with E-state index in [-0.39, 0.29) is 24.0 Å². The van der Waals surface area contributed by atoms with Crippen molar-refractivity contribution in [2.75, 3.05) is 67.0 Å². The van der Waals surface area contributed by atoms with Gasteiger partial charge >= 0.3 is 0 Å². The number of nitrogens with one attached hydrogen (secondary N) is 1. The average molecular weight is 503 g/mol. The zero-order valence-corrected chi connectivity index (χ0v) is 20.3. The minimum atomic E-state index is 0. The van der Waals surface area contributed by atoms with E-state index in [0.717, 1.165) is 37.8 Å². The largest absolute Gasteiger partial charge is 0.497 e. The molecule has 1 aliphatic heterocycles. The van der Waals surface area contributed by atoms with E-state index in [1.54, 1.807) is 7.11 Å². The van der Waals surface area contributed by atoms with Gasteiger partial charge in [-0.1, -0.05) is 12.1 Å². The van der Waals surface area contributed by atoms with Crippen LogP contribution in [0.4, 0.5) is 0 Å². The number of hydrogen-bond donors (Lipinski definition) is 1. The Balaban J connectivity index is 0.00000392. The molecule has 1 heterocycles. The quantitative estimate of drug-likeness (QED) is 0.243. The predicted molar refractivity (Wildman–Crippen MR) is 129 cm³/mol. The van der Waals surface area contributed by atoms with Gasteiger partial charge in [0, 0.05) is 52.9 Å². The number of aliphatic imine (C=N–C) groups is 1. The highest BCUT2D eigenvalue weighted by Crippen LogP contribution is 2.12. The highest BCUT2D eigenvalue weighted by molar-refractivity contribution is 14.0. The van der Waals surface area contributed by atoms with Crippen LogP contribution in [0, 0.1) is 0 Å². The second-order valence-corrected chi connectivity index (χ2v) is 7.29. The molecule has 1 fully saturated rings. The predicted octanol–water partition coefficient (Wildman–Crippen LogP) is 2.74. The number of unbranched alkanes of at least 4 members (excludes halogenated alkanes) is 1. The minimum Gasteiger partial charge on any atom is -0.497 e. The molecule has 0 spiro atoms. The fourth-order valence-corrected chi connectivity index (χ4v) is 3.25. The molecule has 1 N–H and O–H groups in total. The molecule has 0 bridgehead atoms. The number of ether oxygens (including phenoxy) is 1. The second kappa shape index (κ2) is 14.0. The molecule has 1 aromatic carbocycles. The molecule has 0 aromatic heterocycles. The molecule has 6 nitrogen and oxygen atoms in total. The molecule has 0 unspecified atom stereocenters. The first-order valence-corrected chi connectivity index (χ1v) is 10.2. The number of guanidine groups is 1. The molecule has 160 valence electrons. The molecule has 0 saturated carbocycles. The Morgan fingerprint density at radius 3 is 2.43 bits per heavy atom. The molecular weight excluding hydrogens is 465 g/mol. The zero-order valence-electron chi connectivity index (χ0n) is 18.0. The van der Waals surface area contributed by atoms with E-state index < -0.39 is 0 Å². The molecule has 0 aliphatic carbocycles. The Morgan fingerprint density at radius 1 is 1.14 bits per heavy atom. The standard InChI is InChI=1S/C21H37N5O.HI/c1-5-22-21(25(3)18-19-8-10-20(27-4)11-9-19)23-12-6-7-13-26-16-14-24(2)15-17-26;/h8-11H,5-7,12-18H2,1-4H3,(H,22,23);1H. The van der Waals surface area contributed by atoms with E-state index in [2.05, 4.69) is 53.2 Å². The maximum atomic E-state index is 5.23. The number of methoxy groups -OCH3 is 1. The summed E-state index contributed by atoms with van der Waals surface area (Å²) in [4.78, 5) is 12.0. The maximum Gasteiger partial charge on any atom is 0.193 e. The number of halogens is 1. The molecule has 2 rings (SSSR count). The lowest BCUT2D eigenvalue weighted by Crippen LogP contribution is -2.44. The minimum absolute atomic E-state index is 0. The monoisotopic (exact) mass is 503 g/mol. The van der Waals surface area contributed by atoms with Gasteiger partial charge in [0.2, 0.25) is 0 Å². The van der Waals surface area contributed by atoms with Gasteiger partial charge in [0.05, 0.1) is 7.11 Å². The Kier molecular flexibility index (Phi) is 12.5. The molecule has 0 amide bonds. The van der Waals surface area contributed by atoms with Crippen molar-refractivity contribution in [3.63, 3.8) is 0 Å². The lowest BCUT2D eigenvalue weighted by molar-refractivity contribution is 0.152. The van der Waals surface area contributed by atoms with E-state index in [1.807, 2.05) is 12.1 Å². The summed E-state index contributed by atoms with van der Waals surface area (Å²) in [7, 11) is 5.99. The van der Waals surface area contributed by atoms with Crippen molar-refractivity contribution in [2.45, 2.75) is 26.3 Å². The number of hydrogen-bond acceptors (Lipinski definition) is 4. The molecule has 7 heteroatoms. The summed E-state index contributed by atoms with van der Waals surface area (Å²) < 4.78 is 5.23. The van der Waals surface area contributed by atoms with Crippen LogP contribution in [0.1, 0.15) is 25.3 Å². The van der Waals surface area contributed by atoms with Crippen molar-refractivity contribution in [1.82, 2.24) is 20.0 Å². The molecule has 1 aromatic rings. The van der Waals surface area contributed by atoms with Crippen molar-refractivity contribution in [2.24, 2.45) is 4.99 Å². The van der Waals surface area contributed by atoms with Crippen LogP contribution in [-0.4, -0.2) is 87.7 Å². The van der Waals surface area contributed by atoms with Crippen molar-refractivity contribution in [3.05, 3.63) is 29.8 Å². The SMILES string of the molecule is CCNC(=NCCCCN1CCN(C)CC1)N(C)Cc1ccc(OC)cc1.I. The third kappa shape index (κ3) is 8.96. The van der Waals surface area contributed by atoms with E-state index in [9.17, 15) is 0 Å². The van der Waals surface area contributed by atoms with Gasteiger partial charge in [-0.2, -0.15) is 0 Å². The number of rotatable bonds is 9. The van der Waals surface area contributed by atoms with Gasteiger partial charge in [-0.05, 0) is 51.1 Å². The summed E-state index contributed by atoms with van der Waals surface area (Å²) in [5, 5.41) is 3.41. The summed E-state index contributed by atoms with van der Waals surface area (Å²) in [6.45, 7) is 10.7. The molecule has 1 saturated heterocycles. The molecular formula is C21H38IN5O. The van der Waals surface area contributed by atoms with Gasteiger partial charge in [-0.15, -0.1) is 24.0 Å². The van der Waals surface area contributed by atoms with Crippen LogP contribution in [0.25, 0.3) is 0 Å². The topological polar surface area (TPSA) is 43.3 Å². The van der Waals surface area contributed by atoms with Gasteiger partial charge in [0.25, 0.3) is 0 Å². The Bertz CT molecular complexity index is 558. The van der Waals surface area contributed by atoms with Crippen molar-refractivity contribution in [1.29, 1.82) is 0 Å². The molecule has 1 aliphatic rings. The summed E-state index contributed by atoms with van der Waals surface area (Å²) >= 11 is 0. The van der Waals surface area contributed by atoms with Gasteiger partial charge < -0.3 is 24.8 Å². The third-order valence-electron chi connectivity index (χ3n) is 5.02. The highest BCUT2D eigenvalue weighted by Gasteiger charge is 2.12. The van der Waals surface area contributed by atoms with Crippen LogP contribution >= 0.6 is 24.0 Å².